The third-order valence-electron chi connectivity index (χ3n) is 2.88. The van der Waals surface area contributed by atoms with Gasteiger partial charge < -0.3 is 14.7 Å². The lowest BCUT2D eigenvalue weighted by Crippen LogP contribution is -2.39. The van der Waals surface area contributed by atoms with E-state index >= 15 is 0 Å². The van der Waals surface area contributed by atoms with E-state index in [9.17, 15) is 9.59 Å². The molecule has 98 valence electrons. The lowest BCUT2D eigenvalue weighted by molar-refractivity contribution is -0.138. The van der Waals surface area contributed by atoms with Crippen LogP contribution in [0.15, 0.2) is 0 Å². The summed E-state index contributed by atoms with van der Waals surface area (Å²) in [6.07, 6.45) is 1.44. The predicted octanol–water partition coefficient (Wildman–Crippen LogP) is 1.97. The number of hydrogen-bond acceptors (Lipinski definition) is 3. The highest BCUT2D eigenvalue weighted by molar-refractivity contribution is 5.68. The number of piperidine rings is 1. The second kappa shape index (κ2) is 6.47. The average Bonchev–Trinajstić information content (AvgIpc) is 2.26. The summed E-state index contributed by atoms with van der Waals surface area (Å²) < 4.78 is 5.13. The number of carboxylic acid groups (broad SMARTS) is 1. The van der Waals surface area contributed by atoms with Crippen molar-refractivity contribution >= 4 is 12.1 Å². The molecule has 5 nitrogen and oxygen atoms in total. The van der Waals surface area contributed by atoms with Gasteiger partial charge in [-0.2, -0.15) is 0 Å². The molecule has 1 aliphatic heterocycles. The molecular weight excluding hydrogens is 222 g/mol. The minimum absolute atomic E-state index is 0.196. The first-order valence-corrected chi connectivity index (χ1v) is 6.12. The summed E-state index contributed by atoms with van der Waals surface area (Å²) in [7, 11) is 0. The van der Waals surface area contributed by atoms with Gasteiger partial charge >= 0.3 is 12.1 Å². The topological polar surface area (TPSA) is 66.8 Å². The molecule has 0 aromatic carbocycles. The molecule has 0 bridgehead atoms. The first-order valence-electron chi connectivity index (χ1n) is 6.12. The molecule has 1 saturated heterocycles. The molecule has 1 N–H and O–H groups in total. The van der Waals surface area contributed by atoms with E-state index in [4.69, 9.17) is 9.84 Å². The van der Waals surface area contributed by atoms with E-state index in [0.29, 0.717) is 25.6 Å². The van der Waals surface area contributed by atoms with E-state index < -0.39 is 5.97 Å². The molecule has 0 unspecified atom stereocenters. The van der Waals surface area contributed by atoms with Crippen LogP contribution in [-0.2, 0) is 9.53 Å². The molecule has 1 fully saturated rings. The summed E-state index contributed by atoms with van der Waals surface area (Å²) in [5.74, 6) is -0.226. The standard InChI is InChI=1S/C12H21NO4/c1-9(2)8-17-12(16)13-5-3-10(4-6-13)7-11(14)15/h9-10H,3-8H2,1-2H3,(H,14,15). The van der Waals surface area contributed by atoms with E-state index in [0.717, 1.165) is 12.8 Å². The van der Waals surface area contributed by atoms with Gasteiger partial charge in [-0.25, -0.2) is 4.79 Å². The number of likely N-dealkylation sites (tertiary alicyclic amines) is 1. The fourth-order valence-electron chi connectivity index (χ4n) is 1.90. The fraction of sp³-hybridized carbons (Fsp3) is 0.833. The Balaban J connectivity index is 2.26. The second-order valence-corrected chi connectivity index (χ2v) is 5.00. The number of hydrogen-bond donors (Lipinski definition) is 1. The summed E-state index contributed by atoms with van der Waals surface area (Å²) in [4.78, 5) is 23.8. The minimum Gasteiger partial charge on any atom is -0.481 e. The Morgan fingerprint density at radius 3 is 2.41 bits per heavy atom. The van der Waals surface area contributed by atoms with Crippen LogP contribution < -0.4 is 0 Å². The summed E-state index contributed by atoms with van der Waals surface area (Å²) in [5, 5.41) is 8.68. The van der Waals surface area contributed by atoms with Gasteiger partial charge in [0.1, 0.15) is 0 Å². The van der Waals surface area contributed by atoms with E-state index in [1.165, 1.54) is 0 Å². The average molecular weight is 243 g/mol. The Labute approximate surface area is 102 Å². The third kappa shape index (κ3) is 5.06. The number of amides is 1. The van der Waals surface area contributed by atoms with Gasteiger partial charge in [-0.1, -0.05) is 13.8 Å². The largest absolute Gasteiger partial charge is 0.481 e. The highest BCUT2D eigenvalue weighted by Gasteiger charge is 2.25. The van der Waals surface area contributed by atoms with Gasteiger partial charge in [0.25, 0.3) is 0 Å². The number of aliphatic carboxylic acids is 1. The van der Waals surface area contributed by atoms with Crippen LogP contribution in [0, 0.1) is 11.8 Å². The molecule has 0 spiro atoms. The number of carbonyl (C=O) groups excluding carboxylic acids is 1. The van der Waals surface area contributed by atoms with Crippen molar-refractivity contribution in [2.75, 3.05) is 19.7 Å². The first kappa shape index (κ1) is 13.8. The predicted molar refractivity (Wildman–Crippen MR) is 62.7 cm³/mol. The van der Waals surface area contributed by atoms with Crippen LogP contribution >= 0.6 is 0 Å². The van der Waals surface area contributed by atoms with E-state index in [1.807, 2.05) is 13.8 Å². The Hall–Kier alpha value is -1.26. The van der Waals surface area contributed by atoms with E-state index in [-0.39, 0.29) is 18.4 Å². The zero-order valence-corrected chi connectivity index (χ0v) is 10.5. The normalized spacial score (nSPS) is 17.2. The van der Waals surface area contributed by atoms with Crippen molar-refractivity contribution in [3.05, 3.63) is 0 Å². The van der Waals surface area contributed by atoms with Crippen molar-refractivity contribution in [2.45, 2.75) is 33.1 Å². The molecule has 1 amide bonds. The van der Waals surface area contributed by atoms with Gasteiger partial charge in [0, 0.05) is 19.5 Å². The van der Waals surface area contributed by atoms with Crippen LogP contribution in [0.5, 0.6) is 0 Å². The smallest absolute Gasteiger partial charge is 0.409 e. The van der Waals surface area contributed by atoms with Crippen molar-refractivity contribution < 1.29 is 19.4 Å². The molecule has 1 heterocycles. The van der Waals surface area contributed by atoms with Crippen LogP contribution in [0.25, 0.3) is 0 Å². The maximum Gasteiger partial charge on any atom is 0.409 e. The molecule has 1 aliphatic rings. The maximum atomic E-state index is 11.6. The zero-order chi connectivity index (χ0) is 12.8. The molecule has 0 aliphatic carbocycles. The number of carbonyl (C=O) groups is 2. The number of nitrogens with zero attached hydrogens (tertiary/aromatic N) is 1. The highest BCUT2D eigenvalue weighted by Crippen LogP contribution is 2.20. The Morgan fingerprint density at radius 2 is 1.94 bits per heavy atom. The zero-order valence-electron chi connectivity index (χ0n) is 10.5. The van der Waals surface area contributed by atoms with Crippen LogP contribution in [0.4, 0.5) is 4.79 Å². The molecule has 5 heteroatoms. The third-order valence-corrected chi connectivity index (χ3v) is 2.88. The fourth-order valence-corrected chi connectivity index (χ4v) is 1.90. The molecule has 0 aromatic rings. The number of carboxylic acids is 1. The summed E-state index contributed by atoms with van der Waals surface area (Å²) in [6.45, 7) is 5.64. The monoisotopic (exact) mass is 243 g/mol. The Kier molecular flexibility index (Phi) is 5.25. The summed E-state index contributed by atoms with van der Waals surface area (Å²) in [5.41, 5.74) is 0. The van der Waals surface area contributed by atoms with Crippen molar-refractivity contribution in [3.63, 3.8) is 0 Å². The van der Waals surface area contributed by atoms with Crippen molar-refractivity contribution in [2.24, 2.45) is 11.8 Å². The van der Waals surface area contributed by atoms with Gasteiger partial charge in [-0.3, -0.25) is 4.79 Å². The molecule has 0 saturated carbocycles. The quantitative estimate of drug-likeness (QED) is 0.819. The lowest BCUT2D eigenvalue weighted by atomic mass is 9.94. The molecule has 17 heavy (non-hydrogen) atoms. The van der Waals surface area contributed by atoms with Gasteiger partial charge in [0.15, 0.2) is 0 Å². The highest BCUT2D eigenvalue weighted by atomic mass is 16.6. The molecule has 0 atom stereocenters. The van der Waals surface area contributed by atoms with Gasteiger partial charge in [-0.15, -0.1) is 0 Å². The van der Waals surface area contributed by atoms with Crippen LogP contribution in [0.1, 0.15) is 33.1 Å². The summed E-state index contributed by atoms with van der Waals surface area (Å²) in [6, 6.07) is 0. The Bertz CT molecular complexity index is 270. The van der Waals surface area contributed by atoms with E-state index in [1.54, 1.807) is 4.90 Å². The van der Waals surface area contributed by atoms with Crippen molar-refractivity contribution in [1.82, 2.24) is 4.90 Å². The van der Waals surface area contributed by atoms with Gasteiger partial charge in [0.2, 0.25) is 0 Å². The maximum absolute atomic E-state index is 11.6. The van der Waals surface area contributed by atoms with Gasteiger partial charge in [-0.05, 0) is 24.7 Å². The molecule has 0 radical (unpaired) electrons. The molecular formula is C12H21NO4. The van der Waals surface area contributed by atoms with E-state index in [2.05, 4.69) is 0 Å². The van der Waals surface area contributed by atoms with Gasteiger partial charge in [0.05, 0.1) is 6.61 Å². The SMILES string of the molecule is CC(C)COC(=O)N1CCC(CC(=O)O)CC1. The van der Waals surface area contributed by atoms with Crippen molar-refractivity contribution in [1.29, 1.82) is 0 Å². The molecule has 0 aromatic heterocycles. The molecule has 1 rings (SSSR count). The Morgan fingerprint density at radius 1 is 1.35 bits per heavy atom. The first-order chi connectivity index (χ1) is 7.99. The lowest BCUT2D eigenvalue weighted by Gasteiger charge is -2.30. The number of ether oxygens (including phenoxy) is 1. The number of rotatable bonds is 4. The van der Waals surface area contributed by atoms with Crippen LogP contribution in [-0.4, -0.2) is 41.8 Å². The van der Waals surface area contributed by atoms with Crippen LogP contribution in [0.3, 0.4) is 0 Å². The van der Waals surface area contributed by atoms with Crippen molar-refractivity contribution in [3.8, 4) is 0 Å². The summed E-state index contributed by atoms with van der Waals surface area (Å²) >= 11 is 0. The second-order valence-electron chi connectivity index (χ2n) is 5.00. The minimum atomic E-state index is -0.758. The van der Waals surface area contributed by atoms with Crippen LogP contribution in [0.2, 0.25) is 0 Å².